The van der Waals surface area contributed by atoms with E-state index in [2.05, 4.69) is 20.3 Å². The zero-order chi connectivity index (χ0) is 20.8. The fourth-order valence-electron chi connectivity index (χ4n) is 2.77. The second-order valence-corrected chi connectivity index (χ2v) is 7.05. The van der Waals surface area contributed by atoms with E-state index in [-0.39, 0.29) is 0 Å². The SMILES string of the molecule is CSc1nc(Nc2cccc(OC(=O)c3cccnc3)c2)cc(-c2ccccc2)n1. The fourth-order valence-corrected chi connectivity index (χ4v) is 3.15. The third kappa shape index (κ3) is 4.82. The summed E-state index contributed by atoms with van der Waals surface area (Å²) in [4.78, 5) is 25.3. The molecule has 1 N–H and O–H groups in total. The smallest absolute Gasteiger partial charge is 0.345 e. The van der Waals surface area contributed by atoms with Gasteiger partial charge >= 0.3 is 5.97 Å². The molecule has 2 heterocycles. The average Bonchev–Trinajstić information content (AvgIpc) is 2.80. The van der Waals surface area contributed by atoms with Crippen LogP contribution in [0.2, 0.25) is 0 Å². The van der Waals surface area contributed by atoms with Crippen molar-refractivity contribution in [2.24, 2.45) is 0 Å². The first-order valence-corrected chi connectivity index (χ1v) is 10.4. The van der Waals surface area contributed by atoms with Crippen molar-refractivity contribution in [1.29, 1.82) is 0 Å². The Morgan fingerprint density at radius 3 is 2.60 bits per heavy atom. The maximum absolute atomic E-state index is 12.3. The van der Waals surface area contributed by atoms with Crippen LogP contribution in [0.15, 0.2) is 90.3 Å². The zero-order valence-electron chi connectivity index (χ0n) is 16.1. The van der Waals surface area contributed by atoms with Crippen LogP contribution >= 0.6 is 11.8 Å². The fraction of sp³-hybridized carbons (Fsp3) is 0.0435. The normalized spacial score (nSPS) is 10.4. The summed E-state index contributed by atoms with van der Waals surface area (Å²) >= 11 is 1.47. The summed E-state index contributed by atoms with van der Waals surface area (Å²) in [6.45, 7) is 0. The van der Waals surface area contributed by atoms with E-state index in [1.807, 2.05) is 54.8 Å². The van der Waals surface area contributed by atoms with E-state index >= 15 is 0 Å². The second-order valence-electron chi connectivity index (χ2n) is 6.28. The first-order chi connectivity index (χ1) is 14.7. The summed E-state index contributed by atoms with van der Waals surface area (Å²) in [5.74, 6) is 0.624. The van der Waals surface area contributed by atoms with Gasteiger partial charge < -0.3 is 10.1 Å². The molecule has 0 radical (unpaired) electrons. The van der Waals surface area contributed by atoms with E-state index in [1.54, 1.807) is 30.5 Å². The van der Waals surface area contributed by atoms with Crippen LogP contribution in [-0.2, 0) is 0 Å². The number of ether oxygens (including phenoxy) is 1. The van der Waals surface area contributed by atoms with Gasteiger partial charge in [0.25, 0.3) is 0 Å². The first-order valence-electron chi connectivity index (χ1n) is 9.19. The molecule has 0 amide bonds. The van der Waals surface area contributed by atoms with Gasteiger partial charge in [0.05, 0.1) is 11.3 Å². The highest BCUT2D eigenvalue weighted by atomic mass is 32.2. The third-order valence-corrected chi connectivity index (χ3v) is 4.72. The number of hydrogen-bond acceptors (Lipinski definition) is 7. The molecule has 0 fully saturated rings. The van der Waals surface area contributed by atoms with Crippen LogP contribution in [0.5, 0.6) is 5.75 Å². The molecule has 0 bridgehead atoms. The molecule has 0 spiro atoms. The van der Waals surface area contributed by atoms with Crippen LogP contribution in [0.25, 0.3) is 11.3 Å². The first kappa shape index (κ1) is 19.6. The van der Waals surface area contributed by atoms with Gasteiger partial charge in [-0.2, -0.15) is 0 Å². The molecule has 2 aromatic heterocycles. The lowest BCUT2D eigenvalue weighted by atomic mass is 10.1. The third-order valence-electron chi connectivity index (χ3n) is 4.17. The summed E-state index contributed by atoms with van der Waals surface area (Å²) < 4.78 is 5.46. The minimum Gasteiger partial charge on any atom is -0.423 e. The molecule has 0 unspecified atom stereocenters. The van der Waals surface area contributed by atoms with Gasteiger partial charge in [-0.1, -0.05) is 48.2 Å². The molecule has 30 heavy (non-hydrogen) atoms. The van der Waals surface area contributed by atoms with Gasteiger partial charge in [-0.25, -0.2) is 14.8 Å². The number of hydrogen-bond donors (Lipinski definition) is 1. The number of pyridine rings is 1. The van der Waals surface area contributed by atoms with Crippen molar-refractivity contribution in [3.05, 3.63) is 90.8 Å². The Kier molecular flexibility index (Phi) is 6.01. The monoisotopic (exact) mass is 414 g/mol. The van der Waals surface area contributed by atoms with Gasteiger partial charge in [-0.05, 0) is 30.5 Å². The molecular formula is C23H18N4O2S. The van der Waals surface area contributed by atoms with Gasteiger partial charge in [-0.15, -0.1) is 0 Å². The van der Waals surface area contributed by atoms with Gasteiger partial charge in [0.15, 0.2) is 5.16 Å². The van der Waals surface area contributed by atoms with Crippen molar-refractivity contribution in [2.45, 2.75) is 5.16 Å². The molecule has 0 aliphatic carbocycles. The molecule has 0 saturated carbocycles. The second kappa shape index (κ2) is 9.19. The van der Waals surface area contributed by atoms with Crippen molar-refractivity contribution >= 4 is 29.2 Å². The van der Waals surface area contributed by atoms with Crippen LogP contribution in [0.4, 0.5) is 11.5 Å². The maximum Gasteiger partial charge on any atom is 0.345 e. The number of esters is 1. The number of carbonyl (C=O) groups excluding carboxylic acids is 1. The van der Waals surface area contributed by atoms with Crippen LogP contribution in [0.3, 0.4) is 0 Å². The Labute approximate surface area is 178 Å². The molecule has 0 aliphatic rings. The summed E-state index contributed by atoms with van der Waals surface area (Å²) in [5, 5.41) is 3.94. The number of rotatable bonds is 6. The Morgan fingerprint density at radius 2 is 1.83 bits per heavy atom. The molecule has 6 nitrogen and oxygen atoms in total. The van der Waals surface area contributed by atoms with E-state index in [0.29, 0.717) is 22.3 Å². The zero-order valence-corrected chi connectivity index (χ0v) is 17.0. The topological polar surface area (TPSA) is 77.0 Å². The van der Waals surface area contributed by atoms with E-state index in [0.717, 1.165) is 16.9 Å². The van der Waals surface area contributed by atoms with E-state index in [1.165, 1.54) is 18.0 Å². The molecule has 4 aromatic rings. The Morgan fingerprint density at radius 1 is 0.967 bits per heavy atom. The lowest BCUT2D eigenvalue weighted by molar-refractivity contribution is 0.0734. The van der Waals surface area contributed by atoms with Crippen molar-refractivity contribution in [3.63, 3.8) is 0 Å². The predicted octanol–water partition coefficient (Wildman–Crippen LogP) is 5.22. The molecule has 2 aromatic carbocycles. The number of thioether (sulfide) groups is 1. The number of anilines is 2. The number of nitrogens with one attached hydrogen (secondary N) is 1. The number of carbonyl (C=O) groups is 1. The van der Waals surface area contributed by atoms with Crippen LogP contribution in [-0.4, -0.2) is 27.2 Å². The van der Waals surface area contributed by atoms with Gasteiger partial charge in [0, 0.05) is 35.8 Å². The quantitative estimate of drug-likeness (QED) is 0.200. The number of aromatic nitrogens is 3. The minimum absolute atomic E-state index is 0.392. The van der Waals surface area contributed by atoms with Crippen molar-refractivity contribution in [2.75, 3.05) is 11.6 Å². The predicted molar refractivity (Wildman–Crippen MR) is 118 cm³/mol. The van der Waals surface area contributed by atoms with Crippen LogP contribution < -0.4 is 10.1 Å². The van der Waals surface area contributed by atoms with Gasteiger partial charge in [0.2, 0.25) is 0 Å². The molecule has 0 aliphatic heterocycles. The minimum atomic E-state index is -0.460. The highest BCUT2D eigenvalue weighted by molar-refractivity contribution is 7.98. The Bertz CT molecular complexity index is 1150. The molecular weight excluding hydrogens is 396 g/mol. The molecule has 7 heteroatoms. The summed E-state index contributed by atoms with van der Waals surface area (Å²) in [6, 6.07) is 22.3. The van der Waals surface area contributed by atoms with Crippen LogP contribution in [0, 0.1) is 0 Å². The Balaban J connectivity index is 1.56. The van der Waals surface area contributed by atoms with Gasteiger partial charge in [0.1, 0.15) is 11.6 Å². The summed E-state index contributed by atoms with van der Waals surface area (Å²) in [5.41, 5.74) is 2.98. The van der Waals surface area contributed by atoms with Crippen molar-refractivity contribution in [1.82, 2.24) is 15.0 Å². The van der Waals surface area contributed by atoms with E-state index < -0.39 is 5.97 Å². The maximum atomic E-state index is 12.3. The highest BCUT2D eigenvalue weighted by Crippen LogP contribution is 2.26. The molecule has 148 valence electrons. The van der Waals surface area contributed by atoms with Crippen LogP contribution in [0.1, 0.15) is 10.4 Å². The number of benzene rings is 2. The average molecular weight is 414 g/mol. The lowest BCUT2D eigenvalue weighted by Crippen LogP contribution is -2.08. The van der Waals surface area contributed by atoms with Crippen molar-refractivity contribution < 1.29 is 9.53 Å². The summed E-state index contributed by atoms with van der Waals surface area (Å²) in [6.07, 6.45) is 5.02. The molecule has 4 rings (SSSR count). The highest BCUT2D eigenvalue weighted by Gasteiger charge is 2.10. The van der Waals surface area contributed by atoms with Gasteiger partial charge in [-0.3, -0.25) is 4.98 Å². The largest absolute Gasteiger partial charge is 0.423 e. The molecule has 0 saturated heterocycles. The molecule has 0 atom stereocenters. The van der Waals surface area contributed by atoms with E-state index in [9.17, 15) is 4.79 Å². The van der Waals surface area contributed by atoms with Crippen molar-refractivity contribution in [3.8, 4) is 17.0 Å². The van der Waals surface area contributed by atoms with E-state index in [4.69, 9.17) is 4.74 Å². The lowest BCUT2D eigenvalue weighted by Gasteiger charge is -2.11. The summed E-state index contributed by atoms with van der Waals surface area (Å²) in [7, 11) is 0. The standard InChI is InChI=1S/C23H18N4O2S/c1-30-23-26-20(16-7-3-2-4-8-16)14-21(27-23)25-18-10-5-11-19(13-18)29-22(28)17-9-6-12-24-15-17/h2-15H,1H3,(H,25,26,27). The number of nitrogens with zero attached hydrogens (tertiary/aromatic N) is 3. The Hall–Kier alpha value is -3.71.